The van der Waals surface area contributed by atoms with Crippen LogP contribution in [0.3, 0.4) is 0 Å². The summed E-state index contributed by atoms with van der Waals surface area (Å²) in [4.78, 5) is 12.2. The van der Waals surface area contributed by atoms with E-state index in [0.717, 1.165) is 61.0 Å². The Hall–Kier alpha value is -2.49. The highest BCUT2D eigenvalue weighted by atomic mass is 16.6. The quantitative estimate of drug-likeness (QED) is 0.618. The Labute approximate surface area is 150 Å². The molecule has 0 aromatic heterocycles. The van der Waals surface area contributed by atoms with Crippen molar-refractivity contribution in [1.82, 2.24) is 0 Å². The number of benzene rings is 2. The van der Waals surface area contributed by atoms with Gasteiger partial charge < -0.3 is 10.5 Å². The van der Waals surface area contributed by atoms with Crippen molar-refractivity contribution < 1.29 is 9.53 Å². The molecule has 0 radical (unpaired) electrons. The zero-order valence-electron chi connectivity index (χ0n) is 15.2. The van der Waals surface area contributed by atoms with E-state index in [-0.39, 0.29) is 0 Å². The minimum absolute atomic E-state index is 0.487. The Morgan fingerprint density at radius 2 is 1.56 bits per heavy atom. The summed E-state index contributed by atoms with van der Waals surface area (Å²) in [6.07, 6.45) is 5.73. The predicted octanol–water partition coefficient (Wildman–Crippen LogP) is 5.56. The van der Waals surface area contributed by atoms with Gasteiger partial charge in [0.15, 0.2) is 0 Å². The number of nitrogen functional groups attached to an aromatic ring is 1. The summed E-state index contributed by atoms with van der Waals surface area (Å²) in [6, 6.07) is 13.0. The van der Waals surface area contributed by atoms with Crippen LogP contribution in [-0.2, 0) is 12.8 Å². The molecule has 0 saturated heterocycles. The molecule has 2 aromatic carbocycles. The fraction of sp³-hybridized carbons (Fsp3) is 0.381. The van der Waals surface area contributed by atoms with Crippen molar-refractivity contribution in [1.29, 1.82) is 0 Å². The maximum Gasteiger partial charge on any atom is 0.417 e. The molecule has 0 aliphatic heterocycles. The van der Waals surface area contributed by atoms with Gasteiger partial charge in [0.25, 0.3) is 0 Å². The Morgan fingerprint density at radius 1 is 1.00 bits per heavy atom. The lowest BCUT2D eigenvalue weighted by Gasteiger charge is -2.15. The SMILES string of the molecule is CCCCc1cc(NC(=O)Oc2ccccc2)cc(CCCC)c1N. The number of amides is 1. The molecule has 0 aliphatic carbocycles. The summed E-state index contributed by atoms with van der Waals surface area (Å²) in [5.41, 5.74) is 10.2. The third-order valence-corrected chi connectivity index (χ3v) is 4.15. The first-order chi connectivity index (χ1) is 12.1. The summed E-state index contributed by atoms with van der Waals surface area (Å²) in [5, 5.41) is 2.83. The van der Waals surface area contributed by atoms with Crippen molar-refractivity contribution in [2.24, 2.45) is 0 Å². The number of ether oxygens (including phenoxy) is 1. The first-order valence-corrected chi connectivity index (χ1v) is 9.09. The van der Waals surface area contributed by atoms with Crippen molar-refractivity contribution in [2.45, 2.75) is 52.4 Å². The number of unbranched alkanes of at least 4 members (excludes halogenated alkanes) is 2. The van der Waals surface area contributed by atoms with Crippen LogP contribution in [0.25, 0.3) is 0 Å². The average molecular weight is 340 g/mol. The summed E-state index contributed by atoms with van der Waals surface area (Å²) in [5.74, 6) is 0.521. The van der Waals surface area contributed by atoms with Crippen LogP contribution in [-0.4, -0.2) is 6.09 Å². The molecule has 1 amide bonds. The van der Waals surface area contributed by atoms with E-state index in [0.29, 0.717) is 5.75 Å². The van der Waals surface area contributed by atoms with E-state index in [1.807, 2.05) is 30.3 Å². The van der Waals surface area contributed by atoms with Gasteiger partial charge in [-0.05, 0) is 61.1 Å². The van der Waals surface area contributed by atoms with Crippen molar-refractivity contribution in [3.05, 3.63) is 53.6 Å². The molecule has 0 bridgehead atoms. The monoisotopic (exact) mass is 340 g/mol. The number of hydrogen-bond acceptors (Lipinski definition) is 3. The van der Waals surface area contributed by atoms with Crippen LogP contribution < -0.4 is 15.8 Å². The highest BCUT2D eigenvalue weighted by Gasteiger charge is 2.11. The Morgan fingerprint density at radius 3 is 2.08 bits per heavy atom. The minimum atomic E-state index is -0.487. The van der Waals surface area contributed by atoms with Gasteiger partial charge in [-0.15, -0.1) is 0 Å². The number of anilines is 2. The van der Waals surface area contributed by atoms with Gasteiger partial charge >= 0.3 is 6.09 Å². The molecule has 0 aliphatic rings. The molecular weight excluding hydrogens is 312 g/mol. The fourth-order valence-electron chi connectivity index (χ4n) is 2.74. The summed E-state index contributed by atoms with van der Waals surface area (Å²) in [6.45, 7) is 4.32. The number of carbonyl (C=O) groups excluding carboxylic acids is 1. The highest BCUT2D eigenvalue weighted by Crippen LogP contribution is 2.27. The first kappa shape index (κ1) is 18.8. The van der Waals surface area contributed by atoms with Crippen LogP contribution in [0, 0.1) is 0 Å². The van der Waals surface area contributed by atoms with Crippen molar-refractivity contribution in [3.8, 4) is 5.75 Å². The summed E-state index contributed by atoms with van der Waals surface area (Å²) >= 11 is 0. The number of para-hydroxylation sites is 1. The topological polar surface area (TPSA) is 64.3 Å². The molecule has 4 heteroatoms. The molecule has 3 N–H and O–H groups in total. The second kappa shape index (κ2) is 9.72. The zero-order chi connectivity index (χ0) is 18.1. The average Bonchev–Trinajstić information content (AvgIpc) is 2.61. The number of hydrogen-bond donors (Lipinski definition) is 2. The number of nitrogens with two attached hydrogens (primary N) is 1. The maximum atomic E-state index is 12.2. The zero-order valence-corrected chi connectivity index (χ0v) is 15.2. The first-order valence-electron chi connectivity index (χ1n) is 9.09. The van der Waals surface area contributed by atoms with Crippen LogP contribution in [0.1, 0.15) is 50.7 Å². The predicted molar refractivity (Wildman–Crippen MR) is 104 cm³/mol. The van der Waals surface area contributed by atoms with Gasteiger partial charge in [0.2, 0.25) is 0 Å². The van der Waals surface area contributed by atoms with E-state index >= 15 is 0 Å². The van der Waals surface area contributed by atoms with Crippen molar-refractivity contribution in [2.75, 3.05) is 11.1 Å². The third-order valence-electron chi connectivity index (χ3n) is 4.15. The smallest absolute Gasteiger partial charge is 0.410 e. The Bertz CT molecular complexity index is 655. The van der Waals surface area contributed by atoms with Gasteiger partial charge in [0, 0.05) is 11.4 Å². The molecule has 134 valence electrons. The number of nitrogens with one attached hydrogen (secondary N) is 1. The standard InChI is InChI=1S/C21H28N2O2/c1-3-5-10-16-14-18(15-17(20(16)22)11-6-4-2)23-21(24)25-19-12-8-7-9-13-19/h7-9,12-15H,3-6,10-11,22H2,1-2H3,(H,23,24). The van der Waals surface area contributed by atoms with Crippen LogP contribution in [0.5, 0.6) is 5.75 Å². The van der Waals surface area contributed by atoms with Gasteiger partial charge in [-0.3, -0.25) is 5.32 Å². The molecular formula is C21H28N2O2. The molecule has 2 rings (SSSR count). The van der Waals surface area contributed by atoms with Crippen LogP contribution in [0.4, 0.5) is 16.2 Å². The van der Waals surface area contributed by atoms with E-state index in [2.05, 4.69) is 19.2 Å². The summed E-state index contributed by atoms with van der Waals surface area (Å²) in [7, 11) is 0. The molecule has 2 aromatic rings. The normalized spacial score (nSPS) is 10.5. The highest BCUT2D eigenvalue weighted by molar-refractivity contribution is 5.87. The van der Waals surface area contributed by atoms with Gasteiger partial charge in [-0.2, -0.15) is 0 Å². The largest absolute Gasteiger partial charge is 0.417 e. The van der Waals surface area contributed by atoms with Crippen molar-refractivity contribution in [3.63, 3.8) is 0 Å². The molecule has 0 atom stereocenters. The Kier molecular flexibility index (Phi) is 7.33. The van der Waals surface area contributed by atoms with E-state index in [4.69, 9.17) is 10.5 Å². The van der Waals surface area contributed by atoms with Gasteiger partial charge in [0.1, 0.15) is 5.75 Å². The molecule has 25 heavy (non-hydrogen) atoms. The van der Waals surface area contributed by atoms with Crippen LogP contribution in [0.2, 0.25) is 0 Å². The van der Waals surface area contributed by atoms with Crippen LogP contribution in [0.15, 0.2) is 42.5 Å². The lowest BCUT2D eigenvalue weighted by molar-refractivity contribution is 0.215. The van der Waals surface area contributed by atoms with E-state index in [1.54, 1.807) is 12.1 Å². The molecule has 0 unspecified atom stereocenters. The van der Waals surface area contributed by atoms with E-state index < -0.39 is 6.09 Å². The van der Waals surface area contributed by atoms with Gasteiger partial charge in [0.05, 0.1) is 0 Å². The lowest BCUT2D eigenvalue weighted by atomic mass is 9.98. The third kappa shape index (κ3) is 5.82. The van der Waals surface area contributed by atoms with Crippen molar-refractivity contribution >= 4 is 17.5 Å². The van der Waals surface area contributed by atoms with E-state index in [1.165, 1.54) is 0 Å². The molecule has 0 spiro atoms. The Balaban J connectivity index is 2.15. The number of carbonyl (C=O) groups is 1. The number of rotatable bonds is 8. The maximum absolute atomic E-state index is 12.2. The summed E-state index contributed by atoms with van der Waals surface area (Å²) < 4.78 is 5.31. The second-order valence-corrected chi connectivity index (χ2v) is 6.24. The van der Waals surface area contributed by atoms with Gasteiger partial charge in [-0.1, -0.05) is 44.9 Å². The van der Waals surface area contributed by atoms with Crippen LogP contribution >= 0.6 is 0 Å². The molecule has 4 nitrogen and oxygen atoms in total. The second-order valence-electron chi connectivity index (χ2n) is 6.24. The molecule has 0 saturated carbocycles. The fourth-order valence-corrected chi connectivity index (χ4v) is 2.74. The minimum Gasteiger partial charge on any atom is -0.410 e. The molecule has 0 heterocycles. The van der Waals surface area contributed by atoms with Gasteiger partial charge in [-0.25, -0.2) is 4.79 Å². The lowest BCUT2D eigenvalue weighted by Crippen LogP contribution is -2.17. The molecule has 0 fully saturated rings. The van der Waals surface area contributed by atoms with E-state index in [9.17, 15) is 4.79 Å². The number of aryl methyl sites for hydroxylation is 2.